The third-order valence-electron chi connectivity index (χ3n) is 1.82. The van der Waals surface area contributed by atoms with Crippen LogP contribution in [-0.2, 0) is 9.53 Å². The van der Waals surface area contributed by atoms with Gasteiger partial charge in [0.15, 0.2) is 0 Å². The molecule has 13 heavy (non-hydrogen) atoms. The quantitative estimate of drug-likeness (QED) is 0.479. The number of hydrogen-bond donors (Lipinski definition) is 1. The Balaban J connectivity index is 2.10. The molecule has 0 radical (unpaired) electrons. The van der Waals surface area contributed by atoms with Crippen molar-refractivity contribution in [2.75, 3.05) is 19.7 Å². The van der Waals surface area contributed by atoms with Crippen molar-refractivity contribution in [2.45, 2.75) is 18.9 Å². The predicted octanol–water partition coefficient (Wildman–Crippen LogP) is -0.442. The molecule has 6 nitrogen and oxygen atoms in total. The highest BCUT2D eigenvalue weighted by Gasteiger charge is 2.17. The van der Waals surface area contributed by atoms with Gasteiger partial charge in [-0.15, -0.1) is 0 Å². The second kappa shape index (κ2) is 4.76. The topological polar surface area (TPSA) is 81.5 Å². The van der Waals surface area contributed by atoms with Crippen molar-refractivity contribution in [3.8, 4) is 0 Å². The number of amides is 1. The van der Waals surface area contributed by atoms with Crippen molar-refractivity contribution in [1.82, 2.24) is 5.32 Å². The lowest BCUT2D eigenvalue weighted by Crippen LogP contribution is -2.35. The summed E-state index contributed by atoms with van der Waals surface area (Å²) in [6, 6.07) is 0. The van der Waals surface area contributed by atoms with Crippen molar-refractivity contribution < 1.29 is 14.5 Å². The Morgan fingerprint density at radius 1 is 1.69 bits per heavy atom. The number of carbonyl (C=O) groups excluding carboxylic acids is 1. The molecule has 1 atom stereocenters. The minimum absolute atomic E-state index is 0.0377. The fourth-order valence-corrected chi connectivity index (χ4v) is 1.21. The third kappa shape index (κ3) is 3.84. The van der Waals surface area contributed by atoms with Crippen molar-refractivity contribution in [1.29, 1.82) is 0 Å². The Morgan fingerprint density at radius 2 is 2.46 bits per heavy atom. The van der Waals surface area contributed by atoms with E-state index in [1.807, 2.05) is 0 Å². The molecule has 1 N–H and O–H groups in total. The first-order valence-corrected chi connectivity index (χ1v) is 4.18. The molecule has 1 unspecified atom stereocenters. The summed E-state index contributed by atoms with van der Waals surface area (Å²) >= 11 is 0. The summed E-state index contributed by atoms with van der Waals surface area (Å²) in [7, 11) is 0. The number of ether oxygens (including phenoxy) is 1. The van der Waals surface area contributed by atoms with E-state index in [2.05, 4.69) is 5.32 Å². The van der Waals surface area contributed by atoms with Crippen molar-refractivity contribution in [3.63, 3.8) is 0 Å². The van der Waals surface area contributed by atoms with E-state index >= 15 is 0 Å². The van der Waals surface area contributed by atoms with Gasteiger partial charge in [-0.1, -0.05) is 0 Å². The lowest BCUT2D eigenvalue weighted by Gasteiger charge is -2.08. The molecule has 6 heteroatoms. The Labute approximate surface area is 75.4 Å². The van der Waals surface area contributed by atoms with E-state index in [1.165, 1.54) is 0 Å². The SMILES string of the molecule is O=C(C[N+](=O)[O-])NCC1CCCO1. The van der Waals surface area contributed by atoms with Gasteiger partial charge in [-0.3, -0.25) is 14.9 Å². The van der Waals surface area contributed by atoms with E-state index < -0.39 is 17.4 Å². The van der Waals surface area contributed by atoms with E-state index in [0.29, 0.717) is 6.54 Å². The van der Waals surface area contributed by atoms with Gasteiger partial charge in [-0.25, -0.2) is 0 Å². The summed E-state index contributed by atoms with van der Waals surface area (Å²) in [6.07, 6.45) is 1.95. The van der Waals surface area contributed by atoms with Crippen LogP contribution >= 0.6 is 0 Å². The highest BCUT2D eigenvalue weighted by atomic mass is 16.6. The summed E-state index contributed by atoms with van der Waals surface area (Å²) in [6.45, 7) is 0.440. The maximum atomic E-state index is 10.8. The van der Waals surface area contributed by atoms with Crippen molar-refractivity contribution in [2.24, 2.45) is 0 Å². The number of hydrogen-bond acceptors (Lipinski definition) is 4. The number of nitro groups is 1. The molecular formula is C7H12N2O4. The smallest absolute Gasteiger partial charge is 0.291 e. The molecule has 1 fully saturated rings. The number of nitrogens with zero attached hydrogens (tertiary/aromatic N) is 1. The standard InChI is InChI=1S/C7H12N2O4/c10-7(5-9(11)12)8-4-6-2-1-3-13-6/h6H,1-5H2,(H,8,10). The summed E-state index contributed by atoms with van der Waals surface area (Å²) in [5.41, 5.74) is 0. The van der Waals surface area contributed by atoms with Crippen LogP contribution in [-0.4, -0.2) is 36.6 Å². The minimum Gasteiger partial charge on any atom is -0.376 e. The van der Waals surface area contributed by atoms with Gasteiger partial charge in [0.1, 0.15) is 0 Å². The van der Waals surface area contributed by atoms with Gasteiger partial charge in [0.05, 0.1) is 6.10 Å². The van der Waals surface area contributed by atoms with Crippen LogP contribution < -0.4 is 5.32 Å². The van der Waals surface area contributed by atoms with Gasteiger partial charge in [0.25, 0.3) is 12.5 Å². The van der Waals surface area contributed by atoms with Crippen molar-refractivity contribution in [3.05, 3.63) is 10.1 Å². The first-order chi connectivity index (χ1) is 6.18. The maximum Gasteiger partial charge on any atom is 0.291 e. The van der Waals surface area contributed by atoms with E-state index in [0.717, 1.165) is 19.4 Å². The van der Waals surface area contributed by atoms with E-state index in [4.69, 9.17) is 4.74 Å². The third-order valence-corrected chi connectivity index (χ3v) is 1.82. The summed E-state index contributed by atoms with van der Waals surface area (Å²) < 4.78 is 5.22. The zero-order chi connectivity index (χ0) is 9.68. The zero-order valence-corrected chi connectivity index (χ0v) is 7.19. The number of rotatable bonds is 4. The van der Waals surface area contributed by atoms with E-state index in [1.54, 1.807) is 0 Å². The Bertz CT molecular complexity index is 201. The van der Waals surface area contributed by atoms with Crippen LogP contribution in [0.3, 0.4) is 0 Å². The van der Waals surface area contributed by atoms with E-state index in [-0.39, 0.29) is 6.10 Å². The van der Waals surface area contributed by atoms with Crippen LogP contribution in [0.25, 0.3) is 0 Å². The molecule has 74 valence electrons. The predicted molar refractivity (Wildman–Crippen MR) is 43.8 cm³/mol. The molecule has 0 aromatic carbocycles. The normalized spacial score (nSPS) is 21.4. The highest BCUT2D eigenvalue weighted by Crippen LogP contribution is 2.10. The van der Waals surface area contributed by atoms with Crippen LogP contribution in [0.2, 0.25) is 0 Å². The highest BCUT2D eigenvalue weighted by molar-refractivity contribution is 5.76. The summed E-state index contributed by atoms with van der Waals surface area (Å²) in [5, 5.41) is 12.4. The summed E-state index contributed by atoms with van der Waals surface area (Å²) in [4.78, 5) is 20.1. The second-order valence-corrected chi connectivity index (χ2v) is 2.93. The minimum atomic E-state index is -0.660. The van der Waals surface area contributed by atoms with Crippen LogP contribution in [0.4, 0.5) is 0 Å². The van der Waals surface area contributed by atoms with Gasteiger partial charge in [0, 0.05) is 18.1 Å². The average Bonchev–Trinajstić information content (AvgIpc) is 2.51. The largest absolute Gasteiger partial charge is 0.376 e. The zero-order valence-electron chi connectivity index (χ0n) is 7.19. The van der Waals surface area contributed by atoms with Crippen molar-refractivity contribution >= 4 is 5.91 Å². The first-order valence-electron chi connectivity index (χ1n) is 4.18. The molecule has 1 heterocycles. The molecule has 0 spiro atoms. The van der Waals surface area contributed by atoms with Gasteiger partial charge in [0.2, 0.25) is 0 Å². The van der Waals surface area contributed by atoms with Gasteiger partial charge in [-0.05, 0) is 12.8 Å². The number of carbonyl (C=O) groups is 1. The molecule has 0 saturated carbocycles. The van der Waals surface area contributed by atoms with Crippen LogP contribution in [0.15, 0.2) is 0 Å². The van der Waals surface area contributed by atoms with Gasteiger partial charge >= 0.3 is 0 Å². The second-order valence-electron chi connectivity index (χ2n) is 2.93. The average molecular weight is 188 g/mol. The Morgan fingerprint density at radius 3 is 3.00 bits per heavy atom. The molecule has 0 aliphatic carbocycles. The summed E-state index contributed by atoms with van der Waals surface area (Å²) in [5.74, 6) is -0.555. The van der Waals surface area contributed by atoms with E-state index in [9.17, 15) is 14.9 Å². The fraction of sp³-hybridized carbons (Fsp3) is 0.857. The molecule has 0 aromatic heterocycles. The fourth-order valence-electron chi connectivity index (χ4n) is 1.21. The molecule has 0 bridgehead atoms. The number of nitrogens with one attached hydrogen (secondary N) is 1. The first kappa shape index (κ1) is 9.91. The molecule has 0 aromatic rings. The lowest BCUT2D eigenvalue weighted by atomic mass is 10.2. The van der Waals surface area contributed by atoms with Crippen LogP contribution in [0.5, 0.6) is 0 Å². The molecule has 1 aliphatic heterocycles. The molecule has 1 amide bonds. The molecular weight excluding hydrogens is 176 g/mol. The molecule has 1 aliphatic rings. The van der Waals surface area contributed by atoms with Gasteiger partial charge < -0.3 is 10.1 Å². The molecule has 1 rings (SSSR count). The lowest BCUT2D eigenvalue weighted by molar-refractivity contribution is -0.467. The molecule has 1 saturated heterocycles. The van der Waals surface area contributed by atoms with Crippen LogP contribution in [0, 0.1) is 10.1 Å². The Kier molecular flexibility index (Phi) is 3.63. The Hall–Kier alpha value is -1.17. The monoisotopic (exact) mass is 188 g/mol. The van der Waals surface area contributed by atoms with Gasteiger partial charge in [-0.2, -0.15) is 0 Å². The maximum absolute atomic E-state index is 10.8. The van der Waals surface area contributed by atoms with Crippen LogP contribution in [0.1, 0.15) is 12.8 Å².